The van der Waals surface area contributed by atoms with Gasteiger partial charge in [-0.2, -0.15) is 0 Å². The van der Waals surface area contributed by atoms with Gasteiger partial charge in [-0.15, -0.1) is 0 Å². The van der Waals surface area contributed by atoms with Crippen molar-refractivity contribution in [3.05, 3.63) is 65.7 Å². The molecule has 0 bridgehead atoms. The number of amides is 2. The van der Waals surface area contributed by atoms with Gasteiger partial charge in [-0.3, -0.25) is 0 Å². The molecule has 0 spiro atoms. The fourth-order valence-electron chi connectivity index (χ4n) is 3.23. The summed E-state index contributed by atoms with van der Waals surface area (Å²) in [4.78, 5) is 14.2. The van der Waals surface area contributed by atoms with E-state index in [1.165, 1.54) is 5.39 Å². The lowest BCUT2D eigenvalue weighted by Crippen LogP contribution is -2.36. The highest BCUT2D eigenvalue weighted by Gasteiger charge is 2.14. The van der Waals surface area contributed by atoms with Crippen LogP contribution in [0.1, 0.15) is 11.1 Å². The van der Waals surface area contributed by atoms with Gasteiger partial charge in [0.05, 0.1) is 21.3 Å². The smallest absolute Gasteiger partial charge is 0.317 e. The summed E-state index contributed by atoms with van der Waals surface area (Å²) in [5, 5.41) is 5.28. The molecule has 152 valence electrons. The summed E-state index contributed by atoms with van der Waals surface area (Å²) in [6.45, 7) is 0.865. The average Bonchev–Trinajstić information content (AvgIpc) is 2.76. The summed E-state index contributed by atoms with van der Waals surface area (Å²) in [6, 6.07) is 17.9. The molecule has 3 rings (SSSR count). The summed E-state index contributed by atoms with van der Waals surface area (Å²) < 4.78 is 16.0. The number of carbonyl (C=O) groups is 1. The van der Waals surface area contributed by atoms with Crippen molar-refractivity contribution in [1.82, 2.24) is 10.2 Å². The number of nitrogens with one attached hydrogen (secondary N) is 1. The SMILES string of the molecule is COc1cc(CNC(=O)N(C)Cc2ccc3ccccc3c2)cc(OC)c1OC. The van der Waals surface area contributed by atoms with Crippen molar-refractivity contribution in [3.63, 3.8) is 0 Å². The van der Waals surface area contributed by atoms with Crippen LogP contribution in [0.3, 0.4) is 0 Å². The van der Waals surface area contributed by atoms with Crippen LogP contribution in [0, 0.1) is 0 Å². The van der Waals surface area contributed by atoms with Crippen LogP contribution < -0.4 is 19.5 Å². The van der Waals surface area contributed by atoms with Gasteiger partial charge >= 0.3 is 6.03 Å². The molecule has 0 radical (unpaired) electrons. The largest absolute Gasteiger partial charge is 0.493 e. The van der Waals surface area contributed by atoms with Gasteiger partial charge in [0.15, 0.2) is 11.5 Å². The Morgan fingerprint density at radius 2 is 1.52 bits per heavy atom. The molecule has 0 aliphatic carbocycles. The van der Waals surface area contributed by atoms with E-state index >= 15 is 0 Å². The zero-order valence-corrected chi connectivity index (χ0v) is 17.2. The Balaban J connectivity index is 1.65. The lowest BCUT2D eigenvalue weighted by atomic mass is 10.1. The number of ether oxygens (including phenoxy) is 3. The number of fused-ring (bicyclic) bond motifs is 1. The number of methoxy groups -OCH3 is 3. The maximum absolute atomic E-state index is 12.5. The molecule has 0 saturated carbocycles. The minimum absolute atomic E-state index is 0.160. The van der Waals surface area contributed by atoms with Crippen molar-refractivity contribution in [1.29, 1.82) is 0 Å². The Morgan fingerprint density at radius 3 is 2.14 bits per heavy atom. The minimum atomic E-state index is -0.160. The van der Waals surface area contributed by atoms with E-state index < -0.39 is 0 Å². The van der Waals surface area contributed by atoms with E-state index in [1.54, 1.807) is 33.3 Å². The molecule has 0 saturated heterocycles. The van der Waals surface area contributed by atoms with Crippen molar-refractivity contribution in [2.75, 3.05) is 28.4 Å². The van der Waals surface area contributed by atoms with E-state index in [2.05, 4.69) is 29.6 Å². The second-order valence-corrected chi connectivity index (χ2v) is 6.73. The van der Waals surface area contributed by atoms with Gasteiger partial charge < -0.3 is 24.4 Å². The molecule has 0 aromatic heterocycles. The Kier molecular flexibility index (Phi) is 6.44. The Bertz CT molecular complexity index is 978. The molecule has 29 heavy (non-hydrogen) atoms. The highest BCUT2D eigenvalue weighted by molar-refractivity contribution is 5.83. The third kappa shape index (κ3) is 4.71. The van der Waals surface area contributed by atoms with Gasteiger partial charge in [-0.1, -0.05) is 36.4 Å². The predicted molar refractivity (Wildman–Crippen MR) is 114 cm³/mol. The first-order valence-electron chi connectivity index (χ1n) is 9.31. The molecule has 6 heteroatoms. The molecule has 0 aliphatic heterocycles. The molecule has 2 amide bonds. The van der Waals surface area contributed by atoms with Crippen LogP contribution in [0.4, 0.5) is 4.79 Å². The third-order valence-corrected chi connectivity index (χ3v) is 4.75. The van der Waals surface area contributed by atoms with Crippen LogP contribution in [0.5, 0.6) is 17.2 Å². The standard InChI is InChI=1S/C23H26N2O4/c1-25(15-16-9-10-18-7-5-6-8-19(18)11-16)23(26)24-14-17-12-20(27-2)22(29-4)21(13-17)28-3/h5-13H,14-15H2,1-4H3,(H,24,26). The molecule has 0 atom stereocenters. The maximum Gasteiger partial charge on any atom is 0.317 e. The predicted octanol–water partition coefficient (Wildman–Crippen LogP) is 4.21. The second-order valence-electron chi connectivity index (χ2n) is 6.73. The third-order valence-electron chi connectivity index (χ3n) is 4.75. The molecular weight excluding hydrogens is 368 g/mol. The van der Waals surface area contributed by atoms with Crippen molar-refractivity contribution < 1.29 is 19.0 Å². The lowest BCUT2D eigenvalue weighted by Gasteiger charge is -2.19. The van der Waals surface area contributed by atoms with Crippen molar-refractivity contribution in [3.8, 4) is 17.2 Å². The van der Waals surface area contributed by atoms with Crippen LogP contribution in [-0.4, -0.2) is 39.3 Å². The van der Waals surface area contributed by atoms with Crippen LogP contribution in [0.2, 0.25) is 0 Å². The van der Waals surface area contributed by atoms with Gasteiger partial charge in [0.2, 0.25) is 5.75 Å². The minimum Gasteiger partial charge on any atom is -0.493 e. The summed E-state index contributed by atoms with van der Waals surface area (Å²) in [6.07, 6.45) is 0. The van der Waals surface area contributed by atoms with Gasteiger partial charge in [0, 0.05) is 20.1 Å². The molecule has 3 aromatic carbocycles. The van der Waals surface area contributed by atoms with E-state index in [4.69, 9.17) is 14.2 Å². The van der Waals surface area contributed by atoms with E-state index in [9.17, 15) is 4.79 Å². The quantitative estimate of drug-likeness (QED) is 0.652. The van der Waals surface area contributed by atoms with Crippen molar-refractivity contribution in [2.45, 2.75) is 13.1 Å². The van der Waals surface area contributed by atoms with E-state index in [1.807, 2.05) is 30.3 Å². The number of benzene rings is 3. The molecule has 0 heterocycles. The van der Waals surface area contributed by atoms with E-state index in [0.717, 1.165) is 16.5 Å². The number of urea groups is 1. The maximum atomic E-state index is 12.5. The Labute approximate surface area is 171 Å². The second kappa shape index (κ2) is 9.19. The number of rotatable bonds is 7. The van der Waals surface area contributed by atoms with Crippen LogP contribution >= 0.6 is 0 Å². The molecular formula is C23H26N2O4. The van der Waals surface area contributed by atoms with Gasteiger partial charge in [0.25, 0.3) is 0 Å². The highest BCUT2D eigenvalue weighted by atomic mass is 16.5. The number of nitrogens with zero attached hydrogens (tertiary/aromatic N) is 1. The van der Waals surface area contributed by atoms with Crippen molar-refractivity contribution >= 4 is 16.8 Å². The van der Waals surface area contributed by atoms with Crippen LogP contribution in [0.15, 0.2) is 54.6 Å². The van der Waals surface area contributed by atoms with Crippen LogP contribution in [-0.2, 0) is 13.1 Å². The monoisotopic (exact) mass is 394 g/mol. The topological polar surface area (TPSA) is 60.0 Å². The zero-order valence-electron chi connectivity index (χ0n) is 17.2. The van der Waals surface area contributed by atoms with Crippen LogP contribution in [0.25, 0.3) is 10.8 Å². The highest BCUT2D eigenvalue weighted by Crippen LogP contribution is 2.38. The molecule has 0 fully saturated rings. The first-order valence-corrected chi connectivity index (χ1v) is 9.31. The average molecular weight is 394 g/mol. The Hall–Kier alpha value is -3.41. The summed E-state index contributed by atoms with van der Waals surface area (Å²) in [5.74, 6) is 1.64. The lowest BCUT2D eigenvalue weighted by molar-refractivity contribution is 0.206. The van der Waals surface area contributed by atoms with Gasteiger partial charge in [-0.25, -0.2) is 4.79 Å². The van der Waals surface area contributed by atoms with Gasteiger partial charge in [-0.05, 0) is 40.1 Å². The summed E-state index contributed by atoms with van der Waals surface area (Å²) in [7, 11) is 6.47. The number of carbonyl (C=O) groups excluding carboxylic acids is 1. The normalized spacial score (nSPS) is 10.5. The van der Waals surface area contributed by atoms with E-state index in [-0.39, 0.29) is 6.03 Å². The molecule has 0 unspecified atom stereocenters. The fourth-order valence-corrected chi connectivity index (χ4v) is 3.23. The number of hydrogen-bond donors (Lipinski definition) is 1. The van der Waals surface area contributed by atoms with E-state index in [0.29, 0.717) is 30.3 Å². The molecule has 1 N–H and O–H groups in total. The first-order chi connectivity index (χ1) is 14.0. The van der Waals surface area contributed by atoms with Gasteiger partial charge in [0.1, 0.15) is 0 Å². The Morgan fingerprint density at radius 1 is 0.862 bits per heavy atom. The first kappa shape index (κ1) is 20.3. The van der Waals surface area contributed by atoms with Crippen molar-refractivity contribution in [2.24, 2.45) is 0 Å². The fraction of sp³-hybridized carbons (Fsp3) is 0.261. The molecule has 6 nitrogen and oxygen atoms in total. The zero-order chi connectivity index (χ0) is 20.8. The summed E-state index contributed by atoms with van der Waals surface area (Å²) in [5.41, 5.74) is 1.93. The summed E-state index contributed by atoms with van der Waals surface area (Å²) >= 11 is 0. The molecule has 3 aromatic rings. The number of hydrogen-bond acceptors (Lipinski definition) is 4. The molecule has 0 aliphatic rings.